The van der Waals surface area contributed by atoms with E-state index in [0.717, 1.165) is 18.1 Å². The second-order valence-corrected chi connectivity index (χ2v) is 6.28. The molecule has 0 bridgehead atoms. The van der Waals surface area contributed by atoms with E-state index >= 15 is 0 Å². The van der Waals surface area contributed by atoms with Crippen molar-refractivity contribution in [2.75, 3.05) is 26.2 Å². The summed E-state index contributed by atoms with van der Waals surface area (Å²) in [5.74, 6) is 0. The molecule has 0 atom stereocenters. The van der Waals surface area contributed by atoms with E-state index in [4.69, 9.17) is 11.6 Å². The topological polar surface area (TPSA) is 21.8 Å². The first-order chi connectivity index (χ1) is 10.3. The summed E-state index contributed by atoms with van der Waals surface area (Å²) in [6.07, 6.45) is 3.83. The van der Waals surface area contributed by atoms with Crippen molar-refractivity contribution in [2.24, 2.45) is 0 Å². The Morgan fingerprint density at radius 3 is 2.05 bits per heavy atom. The first-order valence-electron chi connectivity index (χ1n) is 7.60. The Bertz CT molecular complexity index is 548. The Balaban J connectivity index is 1.47. The van der Waals surface area contributed by atoms with Crippen molar-refractivity contribution >= 4 is 11.6 Å². The molecule has 1 aliphatic rings. The van der Waals surface area contributed by atoms with Gasteiger partial charge < -0.3 is 9.80 Å². The molecule has 0 radical (unpaired) electrons. The number of nitrogens with zero attached hydrogens (tertiary/aromatic N) is 1. The monoisotopic (exact) mass is 303 g/mol. The molecule has 0 unspecified atom stereocenters. The standard InChI is InChI=1S/C17H20ClN3/c18-17-5-3-15(4-6-17)13-20-8-10-21(11-9-20)14-16-2-1-7-19-12-16/h1-7,12H,8-11,13-14H2/p+2. The zero-order valence-electron chi connectivity index (χ0n) is 12.2. The largest absolute Gasteiger partial charge is 0.322 e. The maximum atomic E-state index is 5.94. The molecule has 4 heteroatoms. The Kier molecular flexibility index (Phi) is 4.86. The van der Waals surface area contributed by atoms with E-state index in [1.807, 2.05) is 30.6 Å². The molecule has 3 nitrogen and oxygen atoms in total. The number of nitrogens with one attached hydrogen (secondary N) is 2. The first-order valence-corrected chi connectivity index (χ1v) is 7.98. The van der Waals surface area contributed by atoms with Gasteiger partial charge >= 0.3 is 0 Å². The highest BCUT2D eigenvalue weighted by Crippen LogP contribution is 2.08. The van der Waals surface area contributed by atoms with E-state index in [1.54, 1.807) is 9.80 Å². The zero-order chi connectivity index (χ0) is 14.5. The van der Waals surface area contributed by atoms with Crippen LogP contribution < -0.4 is 9.80 Å². The maximum Gasteiger partial charge on any atom is 0.127 e. The van der Waals surface area contributed by atoms with Crippen LogP contribution in [-0.2, 0) is 13.1 Å². The highest BCUT2D eigenvalue weighted by Gasteiger charge is 2.22. The van der Waals surface area contributed by atoms with Crippen LogP contribution in [0.15, 0.2) is 48.8 Å². The van der Waals surface area contributed by atoms with Gasteiger partial charge in [0.1, 0.15) is 39.3 Å². The number of aromatic nitrogens is 1. The molecular weight excluding hydrogens is 282 g/mol. The fourth-order valence-corrected chi connectivity index (χ4v) is 3.12. The summed E-state index contributed by atoms with van der Waals surface area (Å²) in [6.45, 7) is 7.14. The molecule has 3 rings (SSSR count). The Morgan fingerprint density at radius 1 is 0.857 bits per heavy atom. The zero-order valence-corrected chi connectivity index (χ0v) is 12.9. The third-order valence-electron chi connectivity index (χ3n) is 4.21. The van der Waals surface area contributed by atoms with Gasteiger partial charge in [-0.2, -0.15) is 0 Å². The molecule has 2 aromatic rings. The van der Waals surface area contributed by atoms with Crippen LogP contribution in [-0.4, -0.2) is 31.2 Å². The summed E-state index contributed by atoms with van der Waals surface area (Å²) >= 11 is 5.94. The molecule has 1 aromatic heterocycles. The van der Waals surface area contributed by atoms with Crippen LogP contribution in [0.3, 0.4) is 0 Å². The van der Waals surface area contributed by atoms with E-state index in [-0.39, 0.29) is 0 Å². The van der Waals surface area contributed by atoms with E-state index in [2.05, 4.69) is 23.2 Å². The lowest BCUT2D eigenvalue weighted by Crippen LogP contribution is -3.27. The Hall–Kier alpha value is -1.42. The SMILES string of the molecule is Clc1ccc(C[NH+]2CC[NH+](Cc3cccnc3)CC2)cc1. The first kappa shape index (κ1) is 14.5. The van der Waals surface area contributed by atoms with Crippen LogP contribution >= 0.6 is 11.6 Å². The number of hydrogen-bond acceptors (Lipinski definition) is 1. The number of pyridine rings is 1. The van der Waals surface area contributed by atoms with Gasteiger partial charge in [0.25, 0.3) is 0 Å². The van der Waals surface area contributed by atoms with Crippen LogP contribution in [0.5, 0.6) is 0 Å². The van der Waals surface area contributed by atoms with Crippen molar-refractivity contribution in [2.45, 2.75) is 13.1 Å². The van der Waals surface area contributed by atoms with Gasteiger partial charge in [0.05, 0.1) is 0 Å². The molecule has 2 N–H and O–H groups in total. The predicted octanol–water partition coefficient (Wildman–Crippen LogP) is 0.219. The highest BCUT2D eigenvalue weighted by atomic mass is 35.5. The van der Waals surface area contributed by atoms with Gasteiger partial charge in [0, 0.05) is 28.5 Å². The molecule has 1 aromatic carbocycles. The van der Waals surface area contributed by atoms with Gasteiger partial charge in [-0.15, -0.1) is 0 Å². The number of hydrogen-bond donors (Lipinski definition) is 2. The average Bonchev–Trinajstić information content (AvgIpc) is 2.53. The van der Waals surface area contributed by atoms with E-state index in [1.165, 1.54) is 37.3 Å². The van der Waals surface area contributed by atoms with E-state index < -0.39 is 0 Å². The lowest BCUT2D eigenvalue weighted by Gasteiger charge is -2.29. The maximum absolute atomic E-state index is 5.94. The summed E-state index contributed by atoms with van der Waals surface area (Å²) in [7, 11) is 0. The molecular formula is C17H22ClN3+2. The summed E-state index contributed by atoms with van der Waals surface area (Å²) < 4.78 is 0. The van der Waals surface area contributed by atoms with Crippen LogP contribution in [0.25, 0.3) is 0 Å². The molecule has 1 aliphatic heterocycles. The number of halogens is 1. The van der Waals surface area contributed by atoms with Gasteiger partial charge in [-0.1, -0.05) is 29.8 Å². The van der Waals surface area contributed by atoms with Crippen molar-refractivity contribution in [1.82, 2.24) is 4.98 Å². The third-order valence-corrected chi connectivity index (χ3v) is 4.46. The normalized spacial score (nSPS) is 22.1. The lowest BCUT2D eigenvalue weighted by atomic mass is 10.2. The van der Waals surface area contributed by atoms with Gasteiger partial charge in [-0.3, -0.25) is 4.98 Å². The summed E-state index contributed by atoms with van der Waals surface area (Å²) in [6, 6.07) is 12.5. The summed E-state index contributed by atoms with van der Waals surface area (Å²) in [4.78, 5) is 7.54. The molecule has 0 aliphatic carbocycles. The average molecular weight is 304 g/mol. The summed E-state index contributed by atoms with van der Waals surface area (Å²) in [5.41, 5.74) is 2.72. The minimum Gasteiger partial charge on any atom is -0.322 e. The lowest BCUT2D eigenvalue weighted by molar-refractivity contribution is -1.02. The molecule has 1 fully saturated rings. The van der Waals surface area contributed by atoms with Crippen LogP contribution in [0.1, 0.15) is 11.1 Å². The van der Waals surface area contributed by atoms with Crippen molar-refractivity contribution in [3.63, 3.8) is 0 Å². The number of piperazine rings is 1. The minimum atomic E-state index is 0.819. The molecule has 21 heavy (non-hydrogen) atoms. The van der Waals surface area contributed by atoms with Crippen molar-refractivity contribution in [3.8, 4) is 0 Å². The molecule has 0 amide bonds. The number of benzene rings is 1. The molecule has 0 spiro atoms. The van der Waals surface area contributed by atoms with Crippen molar-refractivity contribution in [1.29, 1.82) is 0 Å². The minimum absolute atomic E-state index is 0.819. The smallest absolute Gasteiger partial charge is 0.127 e. The van der Waals surface area contributed by atoms with Crippen molar-refractivity contribution < 1.29 is 9.80 Å². The highest BCUT2D eigenvalue weighted by molar-refractivity contribution is 6.30. The Morgan fingerprint density at radius 2 is 1.48 bits per heavy atom. The van der Waals surface area contributed by atoms with Gasteiger partial charge in [0.2, 0.25) is 0 Å². The fraction of sp³-hybridized carbons (Fsp3) is 0.353. The third kappa shape index (κ3) is 4.27. The van der Waals surface area contributed by atoms with Gasteiger partial charge in [0.15, 0.2) is 0 Å². The molecule has 1 saturated heterocycles. The Labute approximate surface area is 131 Å². The van der Waals surface area contributed by atoms with Crippen LogP contribution in [0.4, 0.5) is 0 Å². The van der Waals surface area contributed by atoms with E-state index in [0.29, 0.717) is 0 Å². The number of rotatable bonds is 4. The van der Waals surface area contributed by atoms with Crippen LogP contribution in [0, 0.1) is 0 Å². The predicted molar refractivity (Wildman–Crippen MR) is 84.5 cm³/mol. The van der Waals surface area contributed by atoms with Gasteiger partial charge in [-0.05, 0) is 18.2 Å². The molecule has 0 saturated carbocycles. The summed E-state index contributed by atoms with van der Waals surface area (Å²) in [5, 5.41) is 0.819. The van der Waals surface area contributed by atoms with E-state index in [9.17, 15) is 0 Å². The van der Waals surface area contributed by atoms with Crippen LogP contribution in [0.2, 0.25) is 5.02 Å². The fourth-order valence-electron chi connectivity index (χ4n) is 2.99. The number of quaternary nitrogens is 2. The molecule has 2 heterocycles. The quantitative estimate of drug-likeness (QED) is 0.829. The van der Waals surface area contributed by atoms with Crippen molar-refractivity contribution in [3.05, 3.63) is 64.9 Å². The second-order valence-electron chi connectivity index (χ2n) is 5.84. The van der Waals surface area contributed by atoms with Gasteiger partial charge in [-0.25, -0.2) is 0 Å². The second kappa shape index (κ2) is 7.03. The molecule has 110 valence electrons.